The van der Waals surface area contributed by atoms with Crippen LogP contribution in [0, 0.1) is 13.8 Å². The zero-order valence-electron chi connectivity index (χ0n) is 20.7. The van der Waals surface area contributed by atoms with Crippen LogP contribution in [0.1, 0.15) is 41.7 Å². The van der Waals surface area contributed by atoms with E-state index in [9.17, 15) is 4.79 Å². The molecule has 8 nitrogen and oxygen atoms in total. The van der Waals surface area contributed by atoms with Crippen LogP contribution in [0.15, 0.2) is 48.7 Å². The SMILES string of the molecule is COCCn1c(C)cc([C@H]2[C@H](c3ccccn3)NC(=S)N2c2ccc(OC)c(NC(C)=O)c2)c1C. The molecule has 2 atom stereocenters. The van der Waals surface area contributed by atoms with Crippen molar-refractivity contribution < 1.29 is 14.3 Å². The lowest BCUT2D eigenvalue weighted by molar-refractivity contribution is -0.114. The molecular weight excluding hydrogens is 462 g/mol. The topological polar surface area (TPSA) is 80.7 Å². The number of nitrogens with zero attached hydrogens (tertiary/aromatic N) is 3. The molecule has 35 heavy (non-hydrogen) atoms. The monoisotopic (exact) mass is 493 g/mol. The molecule has 1 fully saturated rings. The summed E-state index contributed by atoms with van der Waals surface area (Å²) in [6.45, 7) is 7.10. The Hall–Kier alpha value is -3.43. The van der Waals surface area contributed by atoms with Crippen LogP contribution in [0.25, 0.3) is 0 Å². The molecule has 3 heterocycles. The summed E-state index contributed by atoms with van der Waals surface area (Å²) in [5.74, 6) is 0.407. The molecule has 0 spiro atoms. The van der Waals surface area contributed by atoms with Crippen LogP contribution >= 0.6 is 12.2 Å². The Morgan fingerprint density at radius 2 is 2.00 bits per heavy atom. The first-order valence-electron chi connectivity index (χ1n) is 11.5. The van der Waals surface area contributed by atoms with Gasteiger partial charge in [0.2, 0.25) is 5.91 Å². The number of carbonyl (C=O) groups excluding carboxylic acids is 1. The van der Waals surface area contributed by atoms with E-state index in [1.54, 1.807) is 20.4 Å². The third-order valence-electron chi connectivity index (χ3n) is 6.32. The lowest BCUT2D eigenvalue weighted by Crippen LogP contribution is -2.29. The fourth-order valence-corrected chi connectivity index (χ4v) is 5.08. The average Bonchev–Trinajstić information content (AvgIpc) is 3.33. The minimum atomic E-state index is -0.174. The van der Waals surface area contributed by atoms with Gasteiger partial charge < -0.3 is 29.6 Å². The van der Waals surface area contributed by atoms with Gasteiger partial charge in [-0.1, -0.05) is 6.07 Å². The Kier molecular flexibility index (Phi) is 7.37. The first-order chi connectivity index (χ1) is 16.8. The molecule has 0 radical (unpaired) electrons. The maximum absolute atomic E-state index is 11.8. The molecule has 0 aliphatic carbocycles. The van der Waals surface area contributed by atoms with Crippen molar-refractivity contribution in [2.45, 2.75) is 39.4 Å². The second-order valence-electron chi connectivity index (χ2n) is 8.53. The predicted octanol–water partition coefficient (Wildman–Crippen LogP) is 4.29. The fourth-order valence-electron chi connectivity index (χ4n) is 4.74. The van der Waals surface area contributed by atoms with E-state index in [0.29, 0.717) is 23.2 Å². The van der Waals surface area contributed by atoms with Crippen LogP contribution in [0.2, 0.25) is 0 Å². The Morgan fingerprint density at radius 1 is 1.20 bits per heavy atom. The minimum Gasteiger partial charge on any atom is -0.495 e. The van der Waals surface area contributed by atoms with E-state index in [2.05, 4.69) is 45.0 Å². The Bertz CT molecular complexity index is 1230. The largest absolute Gasteiger partial charge is 0.495 e. The minimum absolute atomic E-state index is 0.154. The summed E-state index contributed by atoms with van der Waals surface area (Å²) in [4.78, 5) is 18.6. The second kappa shape index (κ2) is 10.5. The van der Waals surface area contributed by atoms with Gasteiger partial charge in [-0.2, -0.15) is 0 Å². The fraction of sp³-hybridized carbons (Fsp3) is 0.346. The summed E-state index contributed by atoms with van der Waals surface area (Å²) >= 11 is 5.86. The summed E-state index contributed by atoms with van der Waals surface area (Å²) in [6, 6.07) is 13.5. The van der Waals surface area contributed by atoms with Gasteiger partial charge in [-0.3, -0.25) is 9.78 Å². The molecule has 184 valence electrons. The van der Waals surface area contributed by atoms with E-state index < -0.39 is 0 Å². The summed E-state index contributed by atoms with van der Waals surface area (Å²) < 4.78 is 13.1. The molecule has 0 bridgehead atoms. The molecule has 2 aromatic heterocycles. The number of ether oxygens (including phenoxy) is 2. The van der Waals surface area contributed by atoms with Crippen molar-refractivity contribution in [1.29, 1.82) is 0 Å². The van der Waals surface area contributed by atoms with E-state index in [0.717, 1.165) is 34.9 Å². The van der Waals surface area contributed by atoms with E-state index in [1.807, 2.05) is 36.4 Å². The van der Waals surface area contributed by atoms with Crippen molar-refractivity contribution in [3.63, 3.8) is 0 Å². The van der Waals surface area contributed by atoms with Gasteiger partial charge in [0, 0.05) is 43.9 Å². The summed E-state index contributed by atoms with van der Waals surface area (Å²) in [5, 5.41) is 6.95. The highest BCUT2D eigenvalue weighted by Crippen LogP contribution is 2.44. The third-order valence-corrected chi connectivity index (χ3v) is 6.64. The van der Waals surface area contributed by atoms with Crippen molar-refractivity contribution in [3.8, 4) is 5.75 Å². The summed E-state index contributed by atoms with van der Waals surface area (Å²) in [5.41, 5.74) is 5.79. The smallest absolute Gasteiger partial charge is 0.221 e. The molecule has 9 heteroatoms. The second-order valence-corrected chi connectivity index (χ2v) is 8.92. The van der Waals surface area contributed by atoms with E-state index in [1.165, 1.54) is 6.92 Å². The molecule has 2 N–H and O–H groups in total. The lowest BCUT2D eigenvalue weighted by Gasteiger charge is -2.29. The number of aryl methyl sites for hydroxylation is 1. The Labute approximate surface area is 211 Å². The molecule has 1 aromatic carbocycles. The number of aromatic nitrogens is 2. The van der Waals surface area contributed by atoms with Crippen molar-refractivity contribution in [1.82, 2.24) is 14.9 Å². The van der Waals surface area contributed by atoms with Crippen LogP contribution in [0.5, 0.6) is 5.75 Å². The van der Waals surface area contributed by atoms with Gasteiger partial charge in [0.1, 0.15) is 5.75 Å². The van der Waals surface area contributed by atoms with Gasteiger partial charge in [-0.15, -0.1) is 0 Å². The molecule has 4 rings (SSSR count). The predicted molar refractivity (Wildman–Crippen MR) is 141 cm³/mol. The van der Waals surface area contributed by atoms with Crippen molar-refractivity contribution in [2.75, 3.05) is 31.0 Å². The number of anilines is 2. The molecule has 0 saturated carbocycles. The number of benzene rings is 1. The van der Waals surface area contributed by atoms with E-state index >= 15 is 0 Å². The molecule has 1 amide bonds. The average molecular weight is 494 g/mol. The van der Waals surface area contributed by atoms with Gasteiger partial charge in [-0.25, -0.2) is 0 Å². The third kappa shape index (κ3) is 4.87. The van der Waals surface area contributed by atoms with Crippen molar-refractivity contribution in [3.05, 3.63) is 71.3 Å². The van der Waals surface area contributed by atoms with Crippen LogP contribution in [0.4, 0.5) is 11.4 Å². The number of hydrogen-bond donors (Lipinski definition) is 2. The maximum Gasteiger partial charge on any atom is 0.221 e. The zero-order valence-corrected chi connectivity index (χ0v) is 21.5. The Morgan fingerprint density at radius 3 is 2.66 bits per heavy atom. The number of nitrogens with one attached hydrogen (secondary N) is 2. The highest BCUT2D eigenvalue weighted by Gasteiger charge is 2.42. The molecule has 1 aliphatic heterocycles. The number of hydrogen-bond acceptors (Lipinski definition) is 5. The van der Waals surface area contributed by atoms with Crippen LogP contribution in [0.3, 0.4) is 0 Å². The molecule has 1 saturated heterocycles. The highest BCUT2D eigenvalue weighted by atomic mass is 32.1. The number of rotatable bonds is 8. The van der Waals surface area contributed by atoms with Crippen LogP contribution < -0.4 is 20.3 Å². The number of methoxy groups -OCH3 is 2. The van der Waals surface area contributed by atoms with Gasteiger partial charge in [0.15, 0.2) is 5.11 Å². The molecule has 3 aromatic rings. The van der Waals surface area contributed by atoms with Crippen LogP contribution in [-0.2, 0) is 16.1 Å². The van der Waals surface area contributed by atoms with E-state index in [4.69, 9.17) is 21.7 Å². The number of amides is 1. The summed E-state index contributed by atoms with van der Waals surface area (Å²) in [6.07, 6.45) is 1.80. The lowest BCUT2D eigenvalue weighted by atomic mass is 9.96. The standard InChI is InChI=1S/C26H31N5O3S/c1-16-14-20(17(2)30(16)12-13-33-4)25-24(21-8-6-7-11-27-21)29-26(35)31(25)19-9-10-23(34-5)22(15-19)28-18(3)32/h6-11,14-15,24-25H,12-13H2,1-5H3,(H,28,32)(H,29,35)/t24-,25-/m0/s1. The normalized spacial score (nSPS) is 17.4. The molecular formula is C26H31N5O3S. The van der Waals surface area contributed by atoms with Crippen LogP contribution in [-0.4, -0.2) is 41.4 Å². The summed E-state index contributed by atoms with van der Waals surface area (Å²) in [7, 11) is 3.29. The van der Waals surface area contributed by atoms with Gasteiger partial charge >= 0.3 is 0 Å². The zero-order chi connectivity index (χ0) is 25.1. The molecule has 0 unspecified atom stereocenters. The number of carbonyl (C=O) groups is 1. The van der Waals surface area contributed by atoms with Crippen molar-refractivity contribution >= 4 is 34.6 Å². The van der Waals surface area contributed by atoms with Gasteiger partial charge in [0.05, 0.1) is 37.2 Å². The maximum atomic E-state index is 11.8. The van der Waals surface area contributed by atoms with Crippen molar-refractivity contribution in [2.24, 2.45) is 0 Å². The first kappa shape index (κ1) is 24.7. The van der Waals surface area contributed by atoms with E-state index in [-0.39, 0.29) is 18.0 Å². The first-order valence-corrected chi connectivity index (χ1v) is 11.9. The van der Waals surface area contributed by atoms with Gasteiger partial charge in [0.25, 0.3) is 0 Å². The van der Waals surface area contributed by atoms with Gasteiger partial charge in [-0.05, 0) is 68.0 Å². The quantitative estimate of drug-likeness (QED) is 0.453. The number of pyridine rings is 1. The highest BCUT2D eigenvalue weighted by molar-refractivity contribution is 7.80. The Balaban J connectivity index is 1.85. The molecule has 1 aliphatic rings. The number of thiocarbonyl (C=S) groups is 1.